The number of ether oxygens (including phenoxy) is 2. The second-order valence-electron chi connectivity index (χ2n) is 5.36. The lowest BCUT2D eigenvalue weighted by atomic mass is 10.2. The van der Waals surface area contributed by atoms with Crippen molar-refractivity contribution in [3.05, 3.63) is 66.1 Å². The van der Waals surface area contributed by atoms with Crippen molar-refractivity contribution < 1.29 is 14.3 Å². The minimum absolute atomic E-state index is 0.188. The molecule has 1 aromatic carbocycles. The van der Waals surface area contributed by atoms with E-state index >= 15 is 0 Å². The van der Waals surface area contributed by atoms with Gasteiger partial charge in [0.05, 0.1) is 26.5 Å². The molecule has 0 unspecified atom stereocenters. The first kappa shape index (κ1) is 16.6. The molecule has 3 aromatic rings. The van der Waals surface area contributed by atoms with Gasteiger partial charge < -0.3 is 19.2 Å². The number of benzene rings is 1. The zero-order valence-corrected chi connectivity index (χ0v) is 14.1. The zero-order chi connectivity index (χ0) is 17.6. The standard InChI is InChI=1S/C19H19N3O3/c1-24-16-8-6-14(11-17(16)25-2)7-9-19(23)20-12-15-13-22-10-4-3-5-18(22)21-15/h3-11,13H,12H2,1-2H3,(H,20,23)/b9-7+. The van der Waals surface area contributed by atoms with Crippen LogP contribution in [-0.2, 0) is 11.3 Å². The largest absolute Gasteiger partial charge is 0.493 e. The van der Waals surface area contributed by atoms with Crippen molar-refractivity contribution in [2.75, 3.05) is 14.2 Å². The summed E-state index contributed by atoms with van der Waals surface area (Å²) in [6, 6.07) is 11.2. The number of hydrogen-bond acceptors (Lipinski definition) is 4. The van der Waals surface area contributed by atoms with Crippen molar-refractivity contribution >= 4 is 17.6 Å². The van der Waals surface area contributed by atoms with Crippen LogP contribution in [0.2, 0.25) is 0 Å². The lowest BCUT2D eigenvalue weighted by Gasteiger charge is -2.07. The first-order valence-corrected chi connectivity index (χ1v) is 7.80. The number of rotatable bonds is 6. The van der Waals surface area contributed by atoms with Crippen molar-refractivity contribution in [1.29, 1.82) is 0 Å². The van der Waals surface area contributed by atoms with Crippen molar-refractivity contribution in [3.63, 3.8) is 0 Å². The normalized spacial score (nSPS) is 11.0. The number of amides is 1. The molecule has 0 atom stereocenters. The summed E-state index contributed by atoms with van der Waals surface area (Å²) in [4.78, 5) is 16.4. The third kappa shape index (κ3) is 3.98. The van der Waals surface area contributed by atoms with Gasteiger partial charge in [-0.1, -0.05) is 12.1 Å². The van der Waals surface area contributed by atoms with Gasteiger partial charge in [0.25, 0.3) is 0 Å². The third-order valence-electron chi connectivity index (χ3n) is 3.69. The van der Waals surface area contributed by atoms with Gasteiger partial charge in [-0.3, -0.25) is 4.79 Å². The molecule has 6 nitrogen and oxygen atoms in total. The Balaban J connectivity index is 1.61. The highest BCUT2D eigenvalue weighted by Gasteiger charge is 2.04. The molecule has 1 N–H and O–H groups in total. The van der Waals surface area contributed by atoms with Crippen LogP contribution in [0.5, 0.6) is 11.5 Å². The maximum absolute atomic E-state index is 12.0. The van der Waals surface area contributed by atoms with Gasteiger partial charge in [0.15, 0.2) is 11.5 Å². The molecule has 6 heteroatoms. The highest BCUT2D eigenvalue weighted by molar-refractivity contribution is 5.91. The molecule has 0 fully saturated rings. The van der Waals surface area contributed by atoms with E-state index in [0.717, 1.165) is 16.9 Å². The highest BCUT2D eigenvalue weighted by Crippen LogP contribution is 2.27. The topological polar surface area (TPSA) is 64.9 Å². The van der Waals surface area contributed by atoms with Gasteiger partial charge in [0.2, 0.25) is 5.91 Å². The Morgan fingerprint density at radius 1 is 1.20 bits per heavy atom. The van der Waals surface area contributed by atoms with Crippen molar-refractivity contribution in [3.8, 4) is 11.5 Å². The molecular weight excluding hydrogens is 318 g/mol. The molecule has 0 saturated carbocycles. The zero-order valence-electron chi connectivity index (χ0n) is 14.1. The predicted molar refractivity (Wildman–Crippen MR) is 95.6 cm³/mol. The number of nitrogens with one attached hydrogen (secondary N) is 1. The molecule has 0 saturated heterocycles. The second-order valence-corrected chi connectivity index (χ2v) is 5.36. The monoisotopic (exact) mass is 337 g/mol. The predicted octanol–water partition coefficient (Wildman–Crippen LogP) is 2.68. The van der Waals surface area contributed by atoms with Crippen LogP contribution >= 0.6 is 0 Å². The van der Waals surface area contributed by atoms with E-state index in [1.807, 2.05) is 47.1 Å². The number of nitrogens with zero attached hydrogens (tertiary/aromatic N) is 2. The molecule has 2 aromatic heterocycles. The average molecular weight is 337 g/mol. The number of carbonyl (C=O) groups excluding carboxylic acids is 1. The molecule has 2 heterocycles. The van der Waals surface area contributed by atoms with E-state index in [9.17, 15) is 4.79 Å². The van der Waals surface area contributed by atoms with Crippen LogP contribution in [-0.4, -0.2) is 29.5 Å². The Labute approximate surface area is 145 Å². The summed E-state index contributed by atoms with van der Waals surface area (Å²) in [5, 5.41) is 2.82. The van der Waals surface area contributed by atoms with E-state index in [1.54, 1.807) is 26.4 Å². The third-order valence-corrected chi connectivity index (χ3v) is 3.69. The van der Waals surface area contributed by atoms with Gasteiger partial charge in [-0.15, -0.1) is 0 Å². The van der Waals surface area contributed by atoms with Crippen LogP contribution in [0.15, 0.2) is 54.9 Å². The number of aromatic nitrogens is 2. The highest BCUT2D eigenvalue weighted by atomic mass is 16.5. The Morgan fingerprint density at radius 3 is 2.80 bits per heavy atom. The summed E-state index contributed by atoms with van der Waals surface area (Å²) < 4.78 is 12.4. The lowest BCUT2D eigenvalue weighted by Crippen LogP contribution is -2.20. The van der Waals surface area contributed by atoms with Crippen LogP contribution in [0.25, 0.3) is 11.7 Å². The van der Waals surface area contributed by atoms with Crippen LogP contribution < -0.4 is 14.8 Å². The Hall–Kier alpha value is -3.28. The first-order chi connectivity index (χ1) is 12.2. The van der Waals surface area contributed by atoms with Crippen LogP contribution in [0, 0.1) is 0 Å². The van der Waals surface area contributed by atoms with E-state index in [-0.39, 0.29) is 5.91 Å². The molecule has 0 aliphatic carbocycles. The molecule has 25 heavy (non-hydrogen) atoms. The van der Waals surface area contributed by atoms with Gasteiger partial charge in [0, 0.05) is 18.5 Å². The average Bonchev–Trinajstić information content (AvgIpc) is 3.07. The van der Waals surface area contributed by atoms with Crippen molar-refractivity contribution in [2.45, 2.75) is 6.54 Å². The number of hydrogen-bond donors (Lipinski definition) is 1. The Bertz CT molecular complexity index is 882. The maximum Gasteiger partial charge on any atom is 0.244 e. The molecule has 0 spiro atoms. The van der Waals surface area contributed by atoms with Crippen LogP contribution in [0.1, 0.15) is 11.3 Å². The summed E-state index contributed by atoms with van der Waals surface area (Å²) in [5.74, 6) is 1.08. The summed E-state index contributed by atoms with van der Waals surface area (Å²) in [6.45, 7) is 0.372. The summed E-state index contributed by atoms with van der Waals surface area (Å²) in [7, 11) is 3.16. The van der Waals surface area contributed by atoms with Crippen LogP contribution in [0.3, 0.4) is 0 Å². The van der Waals surface area contributed by atoms with E-state index in [1.165, 1.54) is 6.08 Å². The van der Waals surface area contributed by atoms with E-state index in [2.05, 4.69) is 10.3 Å². The second kappa shape index (κ2) is 7.53. The van der Waals surface area contributed by atoms with Gasteiger partial charge >= 0.3 is 0 Å². The minimum Gasteiger partial charge on any atom is -0.493 e. The quantitative estimate of drug-likeness (QED) is 0.703. The fourth-order valence-corrected chi connectivity index (χ4v) is 2.44. The summed E-state index contributed by atoms with van der Waals surface area (Å²) >= 11 is 0. The smallest absolute Gasteiger partial charge is 0.244 e. The molecule has 0 aliphatic heterocycles. The van der Waals surface area contributed by atoms with E-state index in [0.29, 0.717) is 18.0 Å². The molecule has 128 valence electrons. The molecular formula is C19H19N3O3. The van der Waals surface area contributed by atoms with Gasteiger partial charge in [-0.05, 0) is 35.9 Å². The first-order valence-electron chi connectivity index (χ1n) is 7.80. The fraction of sp³-hybridized carbons (Fsp3) is 0.158. The number of carbonyl (C=O) groups is 1. The molecule has 1 amide bonds. The van der Waals surface area contributed by atoms with E-state index in [4.69, 9.17) is 9.47 Å². The Kier molecular flexibility index (Phi) is 4.99. The van der Waals surface area contributed by atoms with Crippen molar-refractivity contribution in [1.82, 2.24) is 14.7 Å². The molecule has 0 bridgehead atoms. The summed E-state index contributed by atoms with van der Waals surface area (Å²) in [6.07, 6.45) is 7.02. The molecule has 0 radical (unpaired) electrons. The number of imidazole rings is 1. The molecule has 3 rings (SSSR count). The number of methoxy groups -OCH3 is 2. The maximum atomic E-state index is 12.0. The van der Waals surface area contributed by atoms with Gasteiger partial charge in [0.1, 0.15) is 5.65 Å². The van der Waals surface area contributed by atoms with Gasteiger partial charge in [-0.2, -0.15) is 0 Å². The van der Waals surface area contributed by atoms with Crippen molar-refractivity contribution in [2.24, 2.45) is 0 Å². The Morgan fingerprint density at radius 2 is 2.04 bits per heavy atom. The fourth-order valence-electron chi connectivity index (χ4n) is 2.44. The van der Waals surface area contributed by atoms with E-state index < -0.39 is 0 Å². The SMILES string of the molecule is COc1ccc(/C=C/C(=O)NCc2cn3ccccc3n2)cc1OC. The van der Waals surface area contributed by atoms with Gasteiger partial charge in [-0.25, -0.2) is 4.98 Å². The lowest BCUT2D eigenvalue weighted by molar-refractivity contribution is -0.116. The molecule has 0 aliphatic rings. The minimum atomic E-state index is -0.188. The summed E-state index contributed by atoms with van der Waals surface area (Å²) in [5.41, 5.74) is 2.51. The van der Waals surface area contributed by atoms with Crippen LogP contribution in [0.4, 0.5) is 0 Å². The number of pyridine rings is 1. The number of fused-ring (bicyclic) bond motifs is 1.